The van der Waals surface area contributed by atoms with Gasteiger partial charge in [-0.05, 0) is 30.2 Å². The summed E-state index contributed by atoms with van der Waals surface area (Å²) in [5.74, 6) is -1.36. The molecule has 0 saturated carbocycles. The lowest BCUT2D eigenvalue weighted by molar-refractivity contribution is -0.148. The molecule has 0 spiro atoms. The van der Waals surface area contributed by atoms with Gasteiger partial charge in [-0.15, -0.1) is 0 Å². The number of amides is 2. The zero-order valence-corrected chi connectivity index (χ0v) is 16.5. The highest BCUT2D eigenvalue weighted by Gasteiger charge is 2.13. The van der Waals surface area contributed by atoms with Crippen LogP contribution in [0.3, 0.4) is 0 Å². The van der Waals surface area contributed by atoms with Crippen molar-refractivity contribution in [1.29, 1.82) is 0 Å². The van der Waals surface area contributed by atoms with Crippen LogP contribution in [0.4, 0.5) is 0 Å². The largest absolute Gasteiger partial charge is 0.454 e. The molecule has 2 N–H and O–H groups in total. The third-order valence-corrected chi connectivity index (χ3v) is 4.28. The second kappa shape index (κ2) is 10.5. The van der Waals surface area contributed by atoms with Gasteiger partial charge in [-0.25, -0.2) is 0 Å². The highest BCUT2D eigenvalue weighted by atomic mass is 79.9. The van der Waals surface area contributed by atoms with Crippen molar-refractivity contribution >= 4 is 33.7 Å². The van der Waals surface area contributed by atoms with Gasteiger partial charge in [-0.2, -0.15) is 0 Å². The molecule has 0 heterocycles. The first-order valence-corrected chi connectivity index (χ1v) is 9.24. The van der Waals surface area contributed by atoms with Gasteiger partial charge in [0.25, 0.3) is 5.91 Å². The number of rotatable bonds is 8. The molecule has 0 aliphatic heterocycles. The van der Waals surface area contributed by atoms with Crippen molar-refractivity contribution in [1.82, 2.24) is 10.6 Å². The van der Waals surface area contributed by atoms with Crippen molar-refractivity contribution < 1.29 is 19.1 Å². The van der Waals surface area contributed by atoms with Crippen LogP contribution < -0.4 is 10.6 Å². The Labute approximate surface area is 166 Å². The van der Waals surface area contributed by atoms with Gasteiger partial charge >= 0.3 is 5.97 Å². The van der Waals surface area contributed by atoms with Gasteiger partial charge in [0.15, 0.2) is 6.61 Å². The van der Waals surface area contributed by atoms with E-state index in [1.165, 1.54) is 0 Å². The first-order chi connectivity index (χ1) is 12.9. The standard InChI is InChI=1S/C20H21BrN2O4/c1-14(16-7-9-17(21)10-8-16)23-19(25)13-27-20(26)12-22-18(24)11-15-5-3-2-4-6-15/h2-10,14H,11-13H2,1H3,(H,22,24)(H,23,25). The smallest absolute Gasteiger partial charge is 0.325 e. The number of carbonyl (C=O) groups excluding carboxylic acids is 3. The molecule has 6 nitrogen and oxygen atoms in total. The Morgan fingerprint density at radius 2 is 1.67 bits per heavy atom. The molecule has 0 bridgehead atoms. The summed E-state index contributed by atoms with van der Waals surface area (Å²) in [4.78, 5) is 35.3. The molecule has 0 fully saturated rings. The molecule has 0 saturated heterocycles. The third kappa shape index (κ3) is 7.62. The zero-order chi connectivity index (χ0) is 19.6. The predicted octanol–water partition coefficient (Wildman–Crippen LogP) is 2.53. The number of nitrogens with one attached hydrogen (secondary N) is 2. The van der Waals surface area contributed by atoms with Crippen LogP contribution in [-0.4, -0.2) is 30.9 Å². The Hall–Kier alpha value is -2.67. The topological polar surface area (TPSA) is 84.5 Å². The van der Waals surface area contributed by atoms with Crippen molar-refractivity contribution in [3.8, 4) is 0 Å². The van der Waals surface area contributed by atoms with Gasteiger partial charge in [0.05, 0.1) is 12.5 Å². The lowest BCUT2D eigenvalue weighted by Crippen LogP contribution is -2.35. The van der Waals surface area contributed by atoms with Gasteiger partial charge in [-0.1, -0.05) is 58.4 Å². The number of halogens is 1. The number of ether oxygens (including phenoxy) is 1. The van der Waals surface area contributed by atoms with Crippen LogP contribution in [0.25, 0.3) is 0 Å². The summed E-state index contributed by atoms with van der Waals surface area (Å²) in [6.07, 6.45) is 0.180. The molecule has 27 heavy (non-hydrogen) atoms. The summed E-state index contributed by atoms with van der Waals surface area (Å²) in [5, 5.41) is 5.23. The lowest BCUT2D eigenvalue weighted by Gasteiger charge is -2.14. The molecule has 0 aromatic heterocycles. The Balaban J connectivity index is 1.66. The highest BCUT2D eigenvalue weighted by Crippen LogP contribution is 2.16. The molecular formula is C20H21BrN2O4. The number of esters is 1. The first kappa shape index (κ1) is 20.6. The summed E-state index contributed by atoms with van der Waals surface area (Å²) in [6, 6.07) is 16.5. The van der Waals surface area contributed by atoms with Crippen molar-refractivity contribution in [3.63, 3.8) is 0 Å². The van der Waals surface area contributed by atoms with Gasteiger partial charge in [0, 0.05) is 4.47 Å². The van der Waals surface area contributed by atoms with E-state index in [0.717, 1.165) is 15.6 Å². The molecule has 0 radical (unpaired) electrons. The fourth-order valence-corrected chi connectivity index (χ4v) is 2.59. The number of hydrogen-bond acceptors (Lipinski definition) is 4. The molecule has 1 unspecified atom stereocenters. The number of carbonyl (C=O) groups is 3. The number of benzene rings is 2. The normalized spacial score (nSPS) is 11.3. The highest BCUT2D eigenvalue weighted by molar-refractivity contribution is 9.10. The van der Waals surface area contributed by atoms with E-state index in [-0.39, 0.29) is 24.9 Å². The van der Waals surface area contributed by atoms with Gasteiger partial charge in [0.1, 0.15) is 6.54 Å². The minimum absolute atomic E-state index is 0.180. The minimum Gasteiger partial charge on any atom is -0.454 e. The molecule has 2 amide bonds. The Kier molecular flexibility index (Phi) is 8.00. The Morgan fingerprint density at radius 3 is 2.33 bits per heavy atom. The molecule has 2 rings (SSSR count). The summed E-state index contributed by atoms with van der Waals surface area (Å²) < 4.78 is 5.84. The second-order valence-corrected chi connectivity index (χ2v) is 6.86. The van der Waals surface area contributed by atoms with Crippen LogP contribution in [0.15, 0.2) is 59.1 Å². The van der Waals surface area contributed by atoms with E-state index in [2.05, 4.69) is 26.6 Å². The molecular weight excluding hydrogens is 412 g/mol. The predicted molar refractivity (Wildman–Crippen MR) is 105 cm³/mol. The molecule has 1 atom stereocenters. The van der Waals surface area contributed by atoms with E-state index in [9.17, 15) is 14.4 Å². The van der Waals surface area contributed by atoms with Crippen LogP contribution >= 0.6 is 15.9 Å². The van der Waals surface area contributed by atoms with Crippen LogP contribution in [0, 0.1) is 0 Å². The lowest BCUT2D eigenvalue weighted by atomic mass is 10.1. The van der Waals surface area contributed by atoms with E-state index >= 15 is 0 Å². The third-order valence-electron chi connectivity index (χ3n) is 3.75. The fraction of sp³-hybridized carbons (Fsp3) is 0.250. The van der Waals surface area contributed by atoms with Crippen LogP contribution in [0.5, 0.6) is 0 Å². The summed E-state index contributed by atoms with van der Waals surface area (Å²) in [6.45, 7) is 1.17. The monoisotopic (exact) mass is 432 g/mol. The average molecular weight is 433 g/mol. The van der Waals surface area contributed by atoms with Crippen molar-refractivity contribution in [2.45, 2.75) is 19.4 Å². The van der Waals surface area contributed by atoms with Gasteiger partial charge in [-0.3, -0.25) is 14.4 Å². The quantitative estimate of drug-likeness (QED) is 0.627. The minimum atomic E-state index is -0.664. The SMILES string of the molecule is CC(NC(=O)COC(=O)CNC(=O)Cc1ccccc1)c1ccc(Br)cc1. The van der Waals surface area contributed by atoms with E-state index in [1.807, 2.05) is 61.5 Å². The molecule has 2 aromatic rings. The van der Waals surface area contributed by atoms with E-state index in [0.29, 0.717) is 0 Å². The Bertz CT molecular complexity index is 778. The summed E-state index contributed by atoms with van der Waals surface area (Å²) >= 11 is 3.35. The maximum absolute atomic E-state index is 11.9. The zero-order valence-electron chi connectivity index (χ0n) is 14.9. The molecule has 7 heteroatoms. The molecule has 0 aliphatic rings. The van der Waals surface area contributed by atoms with Crippen molar-refractivity contribution in [3.05, 3.63) is 70.2 Å². The molecule has 142 valence electrons. The van der Waals surface area contributed by atoms with Crippen molar-refractivity contribution in [2.24, 2.45) is 0 Å². The van der Waals surface area contributed by atoms with Crippen molar-refractivity contribution in [2.75, 3.05) is 13.2 Å². The molecule has 0 aliphatic carbocycles. The maximum atomic E-state index is 11.9. The molecule has 2 aromatic carbocycles. The van der Waals surface area contributed by atoms with E-state index in [4.69, 9.17) is 4.74 Å². The van der Waals surface area contributed by atoms with Gasteiger partial charge in [0.2, 0.25) is 5.91 Å². The first-order valence-electron chi connectivity index (χ1n) is 8.45. The average Bonchev–Trinajstić information content (AvgIpc) is 2.66. The van der Waals surface area contributed by atoms with E-state index in [1.54, 1.807) is 0 Å². The van der Waals surface area contributed by atoms with Crippen LogP contribution in [-0.2, 0) is 25.5 Å². The fourth-order valence-electron chi connectivity index (χ4n) is 2.33. The van der Waals surface area contributed by atoms with E-state index < -0.39 is 18.5 Å². The maximum Gasteiger partial charge on any atom is 0.325 e. The van der Waals surface area contributed by atoms with Gasteiger partial charge < -0.3 is 15.4 Å². The summed E-state index contributed by atoms with van der Waals surface area (Å²) in [7, 11) is 0. The van der Waals surface area contributed by atoms with Crippen LogP contribution in [0.1, 0.15) is 24.1 Å². The Morgan fingerprint density at radius 1 is 1.00 bits per heavy atom. The summed E-state index contributed by atoms with van der Waals surface area (Å²) in [5.41, 5.74) is 1.79. The second-order valence-electron chi connectivity index (χ2n) is 5.94. The van der Waals surface area contributed by atoms with Crippen LogP contribution in [0.2, 0.25) is 0 Å². The number of hydrogen-bond donors (Lipinski definition) is 2.